The fraction of sp³-hybridized carbons (Fsp3) is 0.533. The Balaban J connectivity index is 2.08. The van der Waals surface area contributed by atoms with Crippen LogP contribution in [-0.4, -0.2) is 13.7 Å². The zero-order valence-corrected chi connectivity index (χ0v) is 13.6. The smallest absolute Gasteiger partial charge is 0.299 e. The van der Waals surface area contributed by atoms with E-state index in [0.717, 1.165) is 40.8 Å². The fourth-order valence-corrected chi connectivity index (χ4v) is 4.03. The average Bonchev–Trinajstić information content (AvgIpc) is 2.66. The van der Waals surface area contributed by atoms with Crippen LogP contribution in [0.4, 0.5) is 0 Å². The van der Waals surface area contributed by atoms with E-state index in [1.807, 2.05) is 0 Å². The molecular weight excluding hydrogens is 302 g/mol. The van der Waals surface area contributed by atoms with Crippen molar-refractivity contribution in [1.82, 2.24) is 13.7 Å². The molecule has 0 radical (unpaired) electrons. The normalized spacial score (nSPS) is 14.6. The minimum atomic E-state index is -0.364. The Labute approximate surface area is 131 Å². The zero-order valence-electron chi connectivity index (χ0n) is 12.8. The van der Waals surface area contributed by atoms with Gasteiger partial charge in [-0.3, -0.25) is 23.3 Å². The second kappa shape index (κ2) is 5.72. The Morgan fingerprint density at radius 1 is 1.05 bits per heavy atom. The molecule has 7 heteroatoms. The van der Waals surface area contributed by atoms with E-state index in [4.69, 9.17) is 0 Å². The fourth-order valence-electron chi connectivity index (χ4n) is 2.96. The first-order chi connectivity index (χ1) is 10.5. The summed E-state index contributed by atoms with van der Waals surface area (Å²) in [5, 5.41) is 0. The van der Waals surface area contributed by atoms with Crippen molar-refractivity contribution in [2.24, 2.45) is 14.1 Å². The topological polar surface area (TPSA) is 66.0 Å². The van der Waals surface area contributed by atoms with E-state index in [9.17, 15) is 14.4 Å². The molecule has 0 spiro atoms. The third kappa shape index (κ3) is 2.49. The van der Waals surface area contributed by atoms with E-state index in [-0.39, 0.29) is 22.7 Å². The maximum absolute atomic E-state index is 12.3. The van der Waals surface area contributed by atoms with Crippen molar-refractivity contribution in [3.05, 3.63) is 52.8 Å². The van der Waals surface area contributed by atoms with E-state index >= 15 is 0 Å². The van der Waals surface area contributed by atoms with Gasteiger partial charge >= 0.3 is 10.6 Å². The molecule has 2 aromatic heterocycles. The molecule has 0 unspecified atom stereocenters. The molecule has 2 aromatic rings. The summed E-state index contributed by atoms with van der Waals surface area (Å²) in [4.78, 5) is 37.3. The summed E-state index contributed by atoms with van der Waals surface area (Å²) in [6.45, 7) is 0.284. The molecule has 0 atom stereocenters. The van der Waals surface area contributed by atoms with Crippen LogP contribution >= 0.6 is 11.3 Å². The summed E-state index contributed by atoms with van der Waals surface area (Å²) < 4.78 is 4.24. The quantitative estimate of drug-likeness (QED) is 0.762. The van der Waals surface area contributed by atoms with Crippen LogP contribution in [0, 0.1) is 0 Å². The lowest BCUT2D eigenvalue weighted by Gasteiger charge is -2.12. The van der Waals surface area contributed by atoms with Gasteiger partial charge in [-0.15, -0.1) is 0 Å². The number of aryl methyl sites for hydroxylation is 1. The maximum Gasteiger partial charge on any atom is 0.330 e. The van der Waals surface area contributed by atoms with E-state index < -0.39 is 0 Å². The van der Waals surface area contributed by atoms with Crippen LogP contribution in [0.2, 0.25) is 0 Å². The zero-order chi connectivity index (χ0) is 15.9. The third-order valence-corrected chi connectivity index (χ3v) is 5.42. The predicted molar refractivity (Wildman–Crippen MR) is 85.9 cm³/mol. The van der Waals surface area contributed by atoms with Crippen molar-refractivity contribution in [3.63, 3.8) is 0 Å². The van der Waals surface area contributed by atoms with Crippen LogP contribution in [0.15, 0.2) is 20.4 Å². The number of hydrogen-bond acceptors (Lipinski definition) is 4. The summed E-state index contributed by atoms with van der Waals surface area (Å²) >= 11 is 1.30. The minimum Gasteiger partial charge on any atom is -0.299 e. The van der Waals surface area contributed by atoms with Gasteiger partial charge in [0.15, 0.2) is 0 Å². The Kier molecular flexibility index (Phi) is 3.90. The molecule has 0 bridgehead atoms. The van der Waals surface area contributed by atoms with Gasteiger partial charge < -0.3 is 0 Å². The van der Waals surface area contributed by atoms with Crippen molar-refractivity contribution in [1.29, 1.82) is 0 Å². The highest BCUT2D eigenvalue weighted by atomic mass is 32.1. The molecule has 3 rings (SSSR count). The van der Waals surface area contributed by atoms with Crippen LogP contribution in [0.5, 0.6) is 0 Å². The van der Waals surface area contributed by atoms with Crippen LogP contribution in [-0.2, 0) is 33.5 Å². The summed E-state index contributed by atoms with van der Waals surface area (Å²) in [7, 11) is 3.09. The Morgan fingerprint density at radius 3 is 2.55 bits per heavy atom. The van der Waals surface area contributed by atoms with E-state index in [0.29, 0.717) is 5.69 Å². The molecule has 0 amide bonds. The lowest BCUT2D eigenvalue weighted by molar-refractivity contribution is 0.606. The van der Waals surface area contributed by atoms with E-state index in [1.54, 1.807) is 11.6 Å². The molecule has 118 valence electrons. The Hall–Kier alpha value is -1.89. The SMILES string of the molecule is Cn1c(Cn2c3c(sc2=O)CCCCC3)cc(=O)n(C)c1=O. The second-order valence-electron chi connectivity index (χ2n) is 5.76. The Bertz CT molecular complexity index is 885. The maximum atomic E-state index is 12.3. The number of hydrogen-bond donors (Lipinski definition) is 0. The van der Waals surface area contributed by atoms with Gasteiger partial charge in [-0.1, -0.05) is 17.8 Å². The molecule has 0 fully saturated rings. The molecule has 2 heterocycles. The van der Waals surface area contributed by atoms with E-state index in [2.05, 4.69) is 0 Å². The largest absolute Gasteiger partial charge is 0.330 e. The molecule has 22 heavy (non-hydrogen) atoms. The summed E-state index contributed by atoms with van der Waals surface area (Å²) in [6, 6.07) is 1.44. The first-order valence-electron chi connectivity index (χ1n) is 7.46. The number of aromatic nitrogens is 3. The van der Waals surface area contributed by atoms with Gasteiger partial charge in [-0.25, -0.2) is 4.79 Å². The van der Waals surface area contributed by atoms with Crippen molar-refractivity contribution in [2.75, 3.05) is 0 Å². The molecule has 1 aliphatic rings. The van der Waals surface area contributed by atoms with Gasteiger partial charge in [0.25, 0.3) is 5.56 Å². The van der Waals surface area contributed by atoms with Gasteiger partial charge in [0.05, 0.1) is 6.54 Å². The van der Waals surface area contributed by atoms with Crippen molar-refractivity contribution in [2.45, 2.75) is 38.6 Å². The average molecular weight is 321 g/mol. The molecule has 6 nitrogen and oxygen atoms in total. The highest BCUT2D eigenvalue weighted by molar-refractivity contribution is 7.09. The summed E-state index contributed by atoms with van der Waals surface area (Å²) in [6.07, 6.45) is 5.24. The lowest BCUT2D eigenvalue weighted by atomic mass is 10.2. The summed E-state index contributed by atoms with van der Waals surface area (Å²) in [5.41, 5.74) is 0.949. The minimum absolute atomic E-state index is 0.0000241. The monoisotopic (exact) mass is 321 g/mol. The lowest BCUT2D eigenvalue weighted by Crippen LogP contribution is -2.38. The molecule has 0 N–H and O–H groups in total. The number of nitrogens with zero attached hydrogens (tertiary/aromatic N) is 3. The molecule has 0 saturated carbocycles. The first kappa shape index (κ1) is 15.0. The van der Waals surface area contributed by atoms with Crippen LogP contribution in [0.25, 0.3) is 0 Å². The van der Waals surface area contributed by atoms with Gasteiger partial charge in [-0.2, -0.15) is 0 Å². The number of thiazole rings is 1. The van der Waals surface area contributed by atoms with Crippen molar-refractivity contribution in [3.8, 4) is 0 Å². The Morgan fingerprint density at radius 2 is 1.77 bits per heavy atom. The van der Waals surface area contributed by atoms with Crippen LogP contribution in [0.3, 0.4) is 0 Å². The van der Waals surface area contributed by atoms with Crippen LogP contribution < -0.4 is 16.1 Å². The first-order valence-corrected chi connectivity index (χ1v) is 8.28. The van der Waals surface area contributed by atoms with Gasteiger partial charge in [-0.05, 0) is 25.7 Å². The van der Waals surface area contributed by atoms with Gasteiger partial charge in [0.1, 0.15) is 0 Å². The summed E-state index contributed by atoms with van der Waals surface area (Å²) in [5.74, 6) is 0. The standard InChI is InChI=1S/C15H19N3O3S/c1-16-10(8-13(19)17(2)14(16)20)9-18-11-6-4-3-5-7-12(11)22-15(18)21/h8H,3-7,9H2,1-2H3. The highest BCUT2D eigenvalue weighted by Crippen LogP contribution is 2.23. The predicted octanol–water partition coefficient (Wildman–Crippen LogP) is 0.624. The third-order valence-electron chi connectivity index (χ3n) is 4.34. The molecule has 0 aromatic carbocycles. The number of rotatable bonds is 2. The molecular formula is C15H19N3O3S. The van der Waals surface area contributed by atoms with Gasteiger partial charge in [0.2, 0.25) is 0 Å². The molecule has 0 saturated heterocycles. The number of fused-ring (bicyclic) bond motifs is 1. The van der Waals surface area contributed by atoms with Crippen molar-refractivity contribution >= 4 is 11.3 Å². The second-order valence-corrected chi connectivity index (χ2v) is 6.81. The molecule has 1 aliphatic carbocycles. The highest BCUT2D eigenvalue weighted by Gasteiger charge is 2.18. The van der Waals surface area contributed by atoms with Crippen LogP contribution in [0.1, 0.15) is 35.5 Å². The van der Waals surface area contributed by atoms with E-state index in [1.165, 1.54) is 35.4 Å². The van der Waals surface area contributed by atoms with Gasteiger partial charge in [0, 0.05) is 36.4 Å². The van der Waals surface area contributed by atoms with Crippen molar-refractivity contribution < 1.29 is 0 Å². The molecule has 0 aliphatic heterocycles.